The molecule has 2 aliphatic heterocycles. The predicted octanol–water partition coefficient (Wildman–Crippen LogP) is 6.10. The zero-order valence-electron chi connectivity index (χ0n) is 22.8. The van der Waals surface area contributed by atoms with Gasteiger partial charge < -0.3 is 21.1 Å². The molecule has 3 amide bonds. The zero-order chi connectivity index (χ0) is 29.7. The minimum atomic E-state index is -1.46. The number of benzene rings is 3. The minimum absolute atomic E-state index is 0.112. The molecule has 2 heterocycles. The van der Waals surface area contributed by atoms with E-state index in [1.54, 1.807) is 63.2 Å². The van der Waals surface area contributed by atoms with Crippen LogP contribution in [0.4, 0.5) is 10.1 Å². The summed E-state index contributed by atoms with van der Waals surface area (Å²) in [5.74, 6) is -2.43. The minimum Gasteiger partial charge on any atom is -0.477 e. The Kier molecular flexibility index (Phi) is 7.51. The summed E-state index contributed by atoms with van der Waals surface area (Å²) in [4.78, 5) is 40.4. The van der Waals surface area contributed by atoms with Crippen molar-refractivity contribution < 1.29 is 23.5 Å². The van der Waals surface area contributed by atoms with Crippen LogP contribution in [0.3, 0.4) is 0 Å². The van der Waals surface area contributed by atoms with Gasteiger partial charge in [0.1, 0.15) is 17.0 Å². The van der Waals surface area contributed by atoms with Crippen LogP contribution in [0.2, 0.25) is 10.0 Å². The van der Waals surface area contributed by atoms with Crippen LogP contribution in [0.25, 0.3) is 0 Å². The van der Waals surface area contributed by atoms with E-state index in [0.29, 0.717) is 50.8 Å². The maximum atomic E-state index is 14.7. The normalized spacial score (nSPS) is 21.8. The summed E-state index contributed by atoms with van der Waals surface area (Å²) < 4.78 is 21.1. The van der Waals surface area contributed by atoms with E-state index >= 15 is 0 Å². The maximum absolute atomic E-state index is 14.7. The number of piperidine rings is 1. The number of primary amides is 1. The Labute approximate surface area is 247 Å². The van der Waals surface area contributed by atoms with Gasteiger partial charge in [-0.3, -0.25) is 14.4 Å². The number of fused-ring (bicyclic) bond motifs is 2. The lowest BCUT2D eigenvalue weighted by Gasteiger charge is -2.47. The van der Waals surface area contributed by atoms with E-state index in [-0.39, 0.29) is 18.1 Å². The Morgan fingerprint density at radius 1 is 1.05 bits per heavy atom. The summed E-state index contributed by atoms with van der Waals surface area (Å²) in [5, 5.41) is 6.71. The first-order valence-corrected chi connectivity index (χ1v) is 14.2. The molecule has 2 aliphatic rings. The smallest absolute Gasteiger partial charge is 0.261 e. The summed E-state index contributed by atoms with van der Waals surface area (Å²) in [5.41, 5.74) is 5.70. The van der Waals surface area contributed by atoms with Gasteiger partial charge in [0.15, 0.2) is 5.60 Å². The molecule has 1 unspecified atom stereocenters. The van der Waals surface area contributed by atoms with Gasteiger partial charge in [0, 0.05) is 33.6 Å². The molecule has 7 nitrogen and oxygen atoms in total. The Morgan fingerprint density at radius 3 is 2.41 bits per heavy atom. The summed E-state index contributed by atoms with van der Waals surface area (Å²) in [6.45, 7) is 5.39. The number of rotatable bonds is 7. The monoisotopic (exact) mass is 597 g/mol. The molecule has 4 N–H and O–H groups in total. The molecule has 1 saturated heterocycles. The predicted molar refractivity (Wildman–Crippen MR) is 156 cm³/mol. The second-order valence-electron chi connectivity index (χ2n) is 10.6. The first-order valence-electron chi connectivity index (χ1n) is 13.4. The first kappa shape index (κ1) is 28.9. The Bertz CT molecular complexity index is 1570. The van der Waals surface area contributed by atoms with E-state index in [1.165, 1.54) is 12.1 Å². The molecule has 0 aliphatic carbocycles. The summed E-state index contributed by atoms with van der Waals surface area (Å²) in [6, 6.07) is 13.3. The number of aryl methyl sites for hydroxylation is 1. The third-order valence-electron chi connectivity index (χ3n) is 8.55. The first-order chi connectivity index (χ1) is 19.5. The van der Waals surface area contributed by atoms with E-state index in [2.05, 4.69) is 10.6 Å². The van der Waals surface area contributed by atoms with Gasteiger partial charge >= 0.3 is 0 Å². The van der Waals surface area contributed by atoms with Gasteiger partial charge in [0.2, 0.25) is 11.8 Å². The van der Waals surface area contributed by atoms with Gasteiger partial charge in [-0.05, 0) is 78.9 Å². The fourth-order valence-electron chi connectivity index (χ4n) is 6.33. The molecule has 10 heteroatoms. The van der Waals surface area contributed by atoms with Crippen LogP contribution in [-0.4, -0.2) is 23.3 Å². The highest BCUT2D eigenvalue weighted by Gasteiger charge is 2.62. The van der Waals surface area contributed by atoms with Crippen molar-refractivity contribution in [2.45, 2.75) is 63.0 Å². The van der Waals surface area contributed by atoms with Crippen molar-refractivity contribution in [3.05, 3.63) is 92.7 Å². The average Bonchev–Trinajstić information content (AvgIpc) is 3.21. The van der Waals surface area contributed by atoms with Crippen molar-refractivity contribution in [1.29, 1.82) is 0 Å². The molecule has 0 aromatic heterocycles. The number of nitrogens with two attached hydrogens (primary N) is 1. The molecule has 41 heavy (non-hydrogen) atoms. The highest BCUT2D eigenvalue weighted by atomic mass is 35.5. The summed E-state index contributed by atoms with van der Waals surface area (Å²) in [7, 11) is 0. The fraction of sp³-hybridized carbons (Fsp3) is 0.323. The molecule has 3 atom stereocenters. The van der Waals surface area contributed by atoms with Crippen molar-refractivity contribution in [3.63, 3.8) is 0 Å². The van der Waals surface area contributed by atoms with Crippen molar-refractivity contribution in [2.75, 3.05) is 5.32 Å². The highest BCUT2D eigenvalue weighted by Crippen LogP contribution is 2.59. The number of carbonyl (C=O) groups is 3. The second-order valence-corrected chi connectivity index (χ2v) is 11.5. The largest absolute Gasteiger partial charge is 0.477 e. The molecule has 0 saturated carbocycles. The summed E-state index contributed by atoms with van der Waals surface area (Å²) >= 11 is 12.8. The van der Waals surface area contributed by atoms with Crippen molar-refractivity contribution in [1.82, 2.24) is 5.32 Å². The number of hydrogen-bond donors (Lipinski definition) is 3. The Hall–Kier alpha value is -3.62. The number of anilines is 1. The average molecular weight is 599 g/mol. The summed E-state index contributed by atoms with van der Waals surface area (Å²) in [6.07, 6.45) is 0.479. The van der Waals surface area contributed by atoms with E-state index in [0.717, 1.165) is 0 Å². The number of nitrogens with one attached hydrogen (secondary N) is 2. The lowest BCUT2D eigenvalue weighted by Crippen LogP contribution is -2.57. The van der Waals surface area contributed by atoms with Crippen LogP contribution in [0.5, 0.6) is 5.75 Å². The third kappa shape index (κ3) is 4.63. The van der Waals surface area contributed by atoms with Crippen LogP contribution in [0.15, 0.2) is 54.6 Å². The molecule has 214 valence electrons. The number of amides is 3. The van der Waals surface area contributed by atoms with Gasteiger partial charge in [-0.1, -0.05) is 49.2 Å². The lowest BCUT2D eigenvalue weighted by molar-refractivity contribution is -0.135. The number of hydrogen-bond acceptors (Lipinski definition) is 4. The number of carbonyl (C=O) groups excluding carboxylic acids is 3. The molecule has 1 spiro atoms. The van der Waals surface area contributed by atoms with Gasteiger partial charge in [0.05, 0.1) is 6.04 Å². The Morgan fingerprint density at radius 2 is 1.73 bits per heavy atom. The van der Waals surface area contributed by atoms with Gasteiger partial charge in [-0.25, -0.2) is 4.39 Å². The SMILES string of the molecule is CCC(CC)(Oc1ccc(Cl)cc1[C@H]1CC(=O)N[C@@H](c2cc(F)ccc2C)C12C(=O)Nc1cc(Cl)ccc12)C(N)=O. The van der Waals surface area contributed by atoms with Crippen LogP contribution in [-0.2, 0) is 19.8 Å². The Balaban J connectivity index is 1.82. The van der Waals surface area contributed by atoms with E-state index in [9.17, 15) is 18.8 Å². The highest BCUT2D eigenvalue weighted by molar-refractivity contribution is 6.31. The molecular formula is C31H30Cl2FN3O4. The number of halogens is 3. The third-order valence-corrected chi connectivity index (χ3v) is 9.02. The van der Waals surface area contributed by atoms with Crippen LogP contribution >= 0.6 is 23.2 Å². The topological polar surface area (TPSA) is 111 Å². The maximum Gasteiger partial charge on any atom is 0.261 e. The molecule has 3 aromatic rings. The molecule has 3 aromatic carbocycles. The molecule has 0 bridgehead atoms. The van der Waals surface area contributed by atoms with Crippen LogP contribution in [0, 0.1) is 12.7 Å². The molecular weight excluding hydrogens is 568 g/mol. The van der Waals surface area contributed by atoms with Crippen LogP contribution < -0.4 is 21.1 Å². The number of ether oxygens (including phenoxy) is 1. The van der Waals surface area contributed by atoms with Crippen molar-refractivity contribution in [3.8, 4) is 5.75 Å². The molecule has 0 radical (unpaired) electrons. The van der Waals surface area contributed by atoms with Crippen molar-refractivity contribution >= 4 is 46.6 Å². The van der Waals surface area contributed by atoms with Gasteiger partial charge in [-0.15, -0.1) is 0 Å². The zero-order valence-corrected chi connectivity index (χ0v) is 24.3. The van der Waals surface area contributed by atoms with E-state index in [1.807, 2.05) is 0 Å². The van der Waals surface area contributed by atoms with Crippen molar-refractivity contribution in [2.24, 2.45) is 5.73 Å². The standard InChI is InChI=1S/C31H30Cl2FN3O4/c1-4-30(5-2,28(35)39)41-25-11-8-17(32)12-21(25)23-15-26(38)37-27(20-14-19(34)9-6-16(20)3)31(23)22-10-7-18(33)13-24(22)36-29(31)40/h6-14,23,27H,4-5,15H2,1-3H3,(H2,35,39)(H,36,40)(H,37,38)/t23-,27+,31?/m1/s1. The van der Waals surface area contributed by atoms with E-state index in [4.69, 9.17) is 33.7 Å². The fourth-order valence-corrected chi connectivity index (χ4v) is 6.68. The van der Waals surface area contributed by atoms with Crippen LogP contribution in [0.1, 0.15) is 67.3 Å². The quantitative estimate of drug-likeness (QED) is 0.305. The lowest BCUT2D eigenvalue weighted by atomic mass is 9.59. The second kappa shape index (κ2) is 10.7. The van der Waals surface area contributed by atoms with Gasteiger partial charge in [-0.2, -0.15) is 0 Å². The van der Waals surface area contributed by atoms with E-state index < -0.39 is 40.6 Å². The van der Waals surface area contributed by atoms with Gasteiger partial charge in [0.25, 0.3) is 5.91 Å². The molecule has 5 rings (SSSR count). The molecule has 1 fully saturated rings.